The number of imidazole rings is 1. The van der Waals surface area contributed by atoms with Crippen LogP contribution in [0.3, 0.4) is 0 Å². The Morgan fingerprint density at radius 2 is 1.96 bits per heavy atom. The third-order valence-electron chi connectivity index (χ3n) is 4.41. The van der Waals surface area contributed by atoms with Crippen LogP contribution < -0.4 is 5.32 Å². The molecule has 2 aromatic heterocycles. The van der Waals surface area contributed by atoms with Crippen molar-refractivity contribution in [3.63, 3.8) is 0 Å². The van der Waals surface area contributed by atoms with E-state index in [1.165, 1.54) is 0 Å². The van der Waals surface area contributed by atoms with Gasteiger partial charge in [0.15, 0.2) is 0 Å². The zero-order chi connectivity index (χ0) is 17.2. The number of aromatic nitrogens is 4. The number of para-hydroxylation sites is 1. The number of benzene rings is 1. The summed E-state index contributed by atoms with van der Waals surface area (Å²) in [6.07, 6.45) is 9.21. The second kappa shape index (κ2) is 6.47. The zero-order valence-electron chi connectivity index (χ0n) is 14.0. The van der Waals surface area contributed by atoms with Crippen molar-refractivity contribution >= 4 is 11.6 Å². The van der Waals surface area contributed by atoms with Gasteiger partial charge in [-0.05, 0) is 31.4 Å². The first-order chi connectivity index (χ1) is 12.2. The van der Waals surface area contributed by atoms with Crippen LogP contribution in [-0.2, 0) is 6.54 Å². The molecular formula is C19H19N5O. The highest BCUT2D eigenvalue weighted by atomic mass is 16.1. The number of aryl methyl sites for hydroxylation is 1. The predicted molar refractivity (Wildman–Crippen MR) is 94.5 cm³/mol. The summed E-state index contributed by atoms with van der Waals surface area (Å²) in [5, 5.41) is 2.97. The Bertz CT molecular complexity index is 896. The Balaban J connectivity index is 1.51. The number of hydrogen-bond acceptors (Lipinski definition) is 4. The molecule has 2 heterocycles. The van der Waals surface area contributed by atoms with E-state index in [1.54, 1.807) is 18.6 Å². The highest BCUT2D eigenvalue weighted by Gasteiger charge is 2.26. The third-order valence-corrected chi connectivity index (χ3v) is 4.41. The highest BCUT2D eigenvalue weighted by molar-refractivity contribution is 6.04. The van der Waals surface area contributed by atoms with Crippen molar-refractivity contribution in [3.8, 4) is 0 Å². The number of nitrogens with one attached hydrogen (secondary N) is 1. The van der Waals surface area contributed by atoms with Gasteiger partial charge in [-0.2, -0.15) is 0 Å². The van der Waals surface area contributed by atoms with Crippen molar-refractivity contribution in [2.24, 2.45) is 0 Å². The molecule has 0 spiro atoms. The Hall–Kier alpha value is -3.02. The van der Waals surface area contributed by atoms with Crippen LogP contribution in [-0.4, -0.2) is 25.4 Å². The molecule has 1 aliphatic carbocycles. The summed E-state index contributed by atoms with van der Waals surface area (Å²) in [5.41, 5.74) is 2.28. The standard InChI is InChI=1S/C19H19N5O/c1-13-20-8-9-24(13)12-15-4-2-3-5-17(15)23-19(25)16-10-21-18(22-11-16)14-6-7-14/h2-5,8-11,14H,6-7,12H2,1H3,(H,23,25). The summed E-state index contributed by atoms with van der Waals surface area (Å²) in [4.78, 5) is 25.4. The Morgan fingerprint density at radius 3 is 2.64 bits per heavy atom. The zero-order valence-corrected chi connectivity index (χ0v) is 14.0. The highest BCUT2D eigenvalue weighted by Crippen LogP contribution is 2.37. The van der Waals surface area contributed by atoms with E-state index in [1.807, 2.05) is 42.0 Å². The minimum absolute atomic E-state index is 0.197. The van der Waals surface area contributed by atoms with Crippen molar-refractivity contribution in [1.29, 1.82) is 0 Å². The van der Waals surface area contributed by atoms with Gasteiger partial charge in [-0.1, -0.05) is 18.2 Å². The molecule has 126 valence electrons. The number of rotatable bonds is 5. The summed E-state index contributed by atoms with van der Waals surface area (Å²) in [6, 6.07) is 7.78. The Morgan fingerprint density at radius 1 is 1.20 bits per heavy atom. The first-order valence-electron chi connectivity index (χ1n) is 8.39. The van der Waals surface area contributed by atoms with Gasteiger partial charge in [0.2, 0.25) is 0 Å². The topological polar surface area (TPSA) is 72.7 Å². The summed E-state index contributed by atoms with van der Waals surface area (Å²) in [6.45, 7) is 2.61. The lowest BCUT2D eigenvalue weighted by atomic mass is 10.1. The van der Waals surface area contributed by atoms with Gasteiger partial charge in [0.25, 0.3) is 5.91 Å². The minimum Gasteiger partial charge on any atom is -0.331 e. The number of carbonyl (C=O) groups is 1. The summed E-state index contributed by atoms with van der Waals surface area (Å²) < 4.78 is 2.04. The molecule has 0 atom stereocenters. The van der Waals surface area contributed by atoms with E-state index in [-0.39, 0.29) is 5.91 Å². The maximum absolute atomic E-state index is 12.5. The van der Waals surface area contributed by atoms with Crippen molar-refractivity contribution in [3.05, 3.63) is 71.8 Å². The molecule has 1 aromatic carbocycles. The molecule has 6 heteroatoms. The summed E-state index contributed by atoms with van der Waals surface area (Å²) in [5.74, 6) is 2.06. The van der Waals surface area contributed by atoms with E-state index in [9.17, 15) is 4.79 Å². The van der Waals surface area contributed by atoms with E-state index in [2.05, 4.69) is 20.3 Å². The number of hydrogen-bond donors (Lipinski definition) is 1. The van der Waals surface area contributed by atoms with Gasteiger partial charge in [-0.3, -0.25) is 4.79 Å². The molecule has 1 N–H and O–H groups in total. The maximum Gasteiger partial charge on any atom is 0.258 e. The molecule has 1 fully saturated rings. The quantitative estimate of drug-likeness (QED) is 0.778. The lowest BCUT2D eigenvalue weighted by molar-refractivity contribution is 0.102. The monoisotopic (exact) mass is 333 g/mol. The number of anilines is 1. The smallest absolute Gasteiger partial charge is 0.258 e. The fourth-order valence-electron chi connectivity index (χ4n) is 2.74. The van der Waals surface area contributed by atoms with E-state index in [4.69, 9.17) is 0 Å². The van der Waals surface area contributed by atoms with E-state index in [0.29, 0.717) is 18.0 Å². The molecule has 3 aromatic rings. The van der Waals surface area contributed by atoms with Crippen LogP contribution in [0, 0.1) is 6.92 Å². The van der Waals surface area contributed by atoms with Crippen LogP contribution in [0.25, 0.3) is 0 Å². The molecule has 1 saturated carbocycles. The summed E-state index contributed by atoms with van der Waals surface area (Å²) in [7, 11) is 0. The number of carbonyl (C=O) groups excluding carboxylic acids is 1. The molecule has 1 amide bonds. The Labute approximate surface area is 146 Å². The molecule has 0 aliphatic heterocycles. The average molecular weight is 333 g/mol. The molecule has 0 radical (unpaired) electrons. The first-order valence-corrected chi connectivity index (χ1v) is 8.39. The van der Waals surface area contributed by atoms with Crippen molar-refractivity contribution in [1.82, 2.24) is 19.5 Å². The van der Waals surface area contributed by atoms with Gasteiger partial charge in [0, 0.05) is 36.4 Å². The van der Waals surface area contributed by atoms with Crippen LogP contribution in [0.5, 0.6) is 0 Å². The number of amides is 1. The first kappa shape index (κ1) is 15.5. The van der Waals surface area contributed by atoms with Gasteiger partial charge in [0.1, 0.15) is 11.6 Å². The van der Waals surface area contributed by atoms with Crippen LogP contribution in [0.4, 0.5) is 5.69 Å². The minimum atomic E-state index is -0.197. The SMILES string of the molecule is Cc1nccn1Cc1ccccc1NC(=O)c1cnc(C2CC2)nc1. The van der Waals surface area contributed by atoms with Crippen molar-refractivity contribution in [2.75, 3.05) is 5.32 Å². The molecule has 0 bridgehead atoms. The lowest BCUT2D eigenvalue weighted by Gasteiger charge is -2.12. The molecular weight excluding hydrogens is 314 g/mol. The van der Waals surface area contributed by atoms with Crippen LogP contribution in [0.15, 0.2) is 49.1 Å². The fourth-order valence-corrected chi connectivity index (χ4v) is 2.74. The average Bonchev–Trinajstić information content (AvgIpc) is 3.41. The third kappa shape index (κ3) is 3.42. The second-order valence-corrected chi connectivity index (χ2v) is 6.32. The molecule has 0 saturated heterocycles. The van der Waals surface area contributed by atoms with Gasteiger partial charge < -0.3 is 9.88 Å². The molecule has 4 rings (SSSR count). The van der Waals surface area contributed by atoms with Gasteiger partial charge >= 0.3 is 0 Å². The van der Waals surface area contributed by atoms with Crippen LogP contribution >= 0.6 is 0 Å². The van der Waals surface area contributed by atoms with Gasteiger partial charge in [0.05, 0.1) is 12.1 Å². The lowest BCUT2D eigenvalue weighted by Crippen LogP contribution is -2.15. The van der Waals surface area contributed by atoms with E-state index >= 15 is 0 Å². The van der Waals surface area contributed by atoms with E-state index < -0.39 is 0 Å². The van der Waals surface area contributed by atoms with Crippen LogP contribution in [0.1, 0.15) is 46.3 Å². The largest absolute Gasteiger partial charge is 0.331 e. The van der Waals surface area contributed by atoms with Crippen LogP contribution in [0.2, 0.25) is 0 Å². The second-order valence-electron chi connectivity index (χ2n) is 6.32. The molecule has 25 heavy (non-hydrogen) atoms. The van der Waals surface area contributed by atoms with Crippen molar-refractivity contribution in [2.45, 2.75) is 32.2 Å². The maximum atomic E-state index is 12.5. The van der Waals surface area contributed by atoms with Gasteiger partial charge in [-0.25, -0.2) is 15.0 Å². The predicted octanol–water partition coefficient (Wildman–Crippen LogP) is 3.16. The molecule has 6 nitrogen and oxygen atoms in total. The van der Waals surface area contributed by atoms with E-state index in [0.717, 1.165) is 35.7 Å². The normalized spacial score (nSPS) is 13.6. The summed E-state index contributed by atoms with van der Waals surface area (Å²) >= 11 is 0. The number of nitrogens with zero attached hydrogens (tertiary/aromatic N) is 4. The fraction of sp³-hybridized carbons (Fsp3) is 0.263. The van der Waals surface area contributed by atoms with Gasteiger partial charge in [-0.15, -0.1) is 0 Å². The molecule has 1 aliphatic rings. The molecule has 0 unspecified atom stereocenters. The Kier molecular flexibility index (Phi) is 4.01. The van der Waals surface area contributed by atoms with Crippen molar-refractivity contribution < 1.29 is 4.79 Å².